The molecule has 0 unspecified atom stereocenters. The van der Waals surface area contributed by atoms with Gasteiger partial charge in [-0.25, -0.2) is 4.79 Å². The van der Waals surface area contributed by atoms with Gasteiger partial charge in [-0.05, 0) is 54.7 Å². The van der Waals surface area contributed by atoms with Gasteiger partial charge in [-0.2, -0.15) is 0 Å². The SMILES string of the molecule is O=C(O)c1ccc(Cl)cc1Oc1ccc2c(c1)CCC2. The van der Waals surface area contributed by atoms with Crippen molar-refractivity contribution >= 4 is 17.6 Å². The Morgan fingerprint density at radius 2 is 1.90 bits per heavy atom. The number of ether oxygens (including phenoxy) is 1. The highest BCUT2D eigenvalue weighted by atomic mass is 35.5. The van der Waals surface area contributed by atoms with Crippen LogP contribution in [0.5, 0.6) is 11.5 Å². The quantitative estimate of drug-likeness (QED) is 0.915. The number of halogens is 1. The number of carboxylic acid groups (broad SMARTS) is 1. The fraction of sp³-hybridized carbons (Fsp3) is 0.188. The molecule has 0 spiro atoms. The smallest absolute Gasteiger partial charge is 0.339 e. The van der Waals surface area contributed by atoms with Crippen molar-refractivity contribution in [3.63, 3.8) is 0 Å². The molecule has 2 aromatic carbocycles. The normalized spacial score (nSPS) is 13.1. The lowest BCUT2D eigenvalue weighted by molar-refractivity contribution is 0.0694. The zero-order chi connectivity index (χ0) is 14.1. The molecule has 0 fully saturated rings. The highest BCUT2D eigenvalue weighted by molar-refractivity contribution is 6.30. The molecule has 0 aliphatic heterocycles. The fourth-order valence-corrected chi connectivity index (χ4v) is 2.66. The van der Waals surface area contributed by atoms with E-state index in [4.69, 9.17) is 21.4 Å². The molecule has 0 saturated heterocycles. The molecule has 1 aliphatic carbocycles. The molecule has 2 aromatic rings. The number of aromatic carboxylic acids is 1. The van der Waals surface area contributed by atoms with Crippen LogP contribution < -0.4 is 4.74 Å². The number of aryl methyl sites for hydroxylation is 2. The lowest BCUT2D eigenvalue weighted by atomic mass is 10.1. The fourth-order valence-electron chi connectivity index (χ4n) is 2.50. The summed E-state index contributed by atoms with van der Waals surface area (Å²) < 4.78 is 5.71. The van der Waals surface area contributed by atoms with Crippen molar-refractivity contribution in [2.45, 2.75) is 19.3 Å². The Hall–Kier alpha value is -2.00. The first-order valence-electron chi connectivity index (χ1n) is 6.46. The topological polar surface area (TPSA) is 46.5 Å². The van der Waals surface area contributed by atoms with E-state index in [1.165, 1.54) is 23.3 Å². The Morgan fingerprint density at radius 1 is 1.10 bits per heavy atom. The van der Waals surface area contributed by atoms with E-state index in [9.17, 15) is 4.79 Å². The molecule has 3 nitrogen and oxygen atoms in total. The van der Waals surface area contributed by atoms with Gasteiger partial charge in [0.15, 0.2) is 0 Å². The first-order chi connectivity index (χ1) is 9.63. The molecule has 0 atom stereocenters. The third-order valence-corrected chi connectivity index (χ3v) is 3.71. The van der Waals surface area contributed by atoms with Gasteiger partial charge in [0.1, 0.15) is 17.1 Å². The third-order valence-electron chi connectivity index (χ3n) is 3.47. The second kappa shape index (κ2) is 5.17. The molecule has 0 saturated carbocycles. The van der Waals surface area contributed by atoms with Gasteiger partial charge in [0, 0.05) is 11.1 Å². The minimum atomic E-state index is -1.03. The summed E-state index contributed by atoms with van der Waals surface area (Å²) in [6.45, 7) is 0. The zero-order valence-corrected chi connectivity index (χ0v) is 11.5. The number of hydrogen-bond donors (Lipinski definition) is 1. The van der Waals surface area contributed by atoms with E-state index in [-0.39, 0.29) is 11.3 Å². The maximum atomic E-state index is 11.2. The van der Waals surface area contributed by atoms with Gasteiger partial charge < -0.3 is 9.84 Å². The van der Waals surface area contributed by atoms with Crippen LogP contribution in [0.4, 0.5) is 0 Å². The lowest BCUT2D eigenvalue weighted by Crippen LogP contribution is -2.00. The number of fused-ring (bicyclic) bond motifs is 1. The Bertz CT molecular complexity index is 679. The predicted molar refractivity (Wildman–Crippen MR) is 77.0 cm³/mol. The number of benzene rings is 2. The van der Waals surface area contributed by atoms with Crippen LogP contribution in [-0.2, 0) is 12.8 Å². The second-order valence-corrected chi connectivity index (χ2v) is 5.27. The summed E-state index contributed by atoms with van der Waals surface area (Å²) in [5.41, 5.74) is 2.73. The summed E-state index contributed by atoms with van der Waals surface area (Å²) in [6, 6.07) is 10.4. The van der Waals surface area contributed by atoms with Crippen molar-refractivity contribution in [3.05, 3.63) is 58.1 Å². The van der Waals surface area contributed by atoms with Crippen LogP contribution in [-0.4, -0.2) is 11.1 Å². The van der Waals surface area contributed by atoms with Gasteiger partial charge in [0.2, 0.25) is 0 Å². The highest BCUT2D eigenvalue weighted by Crippen LogP contribution is 2.32. The lowest BCUT2D eigenvalue weighted by Gasteiger charge is -2.10. The van der Waals surface area contributed by atoms with Crippen LogP contribution in [0.15, 0.2) is 36.4 Å². The summed E-state index contributed by atoms with van der Waals surface area (Å²) in [5.74, 6) is -0.115. The third kappa shape index (κ3) is 2.49. The first kappa shape index (κ1) is 13.0. The summed E-state index contributed by atoms with van der Waals surface area (Å²) in [7, 11) is 0. The summed E-state index contributed by atoms with van der Waals surface area (Å²) in [5, 5.41) is 9.62. The van der Waals surface area contributed by atoms with Crippen LogP contribution in [0, 0.1) is 0 Å². The van der Waals surface area contributed by atoms with Gasteiger partial charge in [-0.3, -0.25) is 0 Å². The standard InChI is InChI=1S/C16H13ClO3/c17-12-5-7-14(16(18)19)15(9-12)20-13-6-4-10-2-1-3-11(10)8-13/h4-9H,1-3H2,(H,18,19). The minimum Gasteiger partial charge on any atom is -0.478 e. The van der Waals surface area contributed by atoms with E-state index in [0.29, 0.717) is 10.8 Å². The van der Waals surface area contributed by atoms with E-state index >= 15 is 0 Å². The minimum absolute atomic E-state index is 0.106. The largest absolute Gasteiger partial charge is 0.478 e. The number of hydrogen-bond acceptors (Lipinski definition) is 2. The van der Waals surface area contributed by atoms with Gasteiger partial charge in [0.25, 0.3) is 0 Å². The predicted octanol–water partition coefficient (Wildman–Crippen LogP) is 4.32. The van der Waals surface area contributed by atoms with Crippen LogP contribution in [0.3, 0.4) is 0 Å². The molecule has 102 valence electrons. The summed E-state index contributed by atoms with van der Waals surface area (Å²) in [4.78, 5) is 11.2. The van der Waals surface area contributed by atoms with E-state index in [1.54, 1.807) is 6.07 Å². The maximum Gasteiger partial charge on any atom is 0.339 e. The molecule has 0 bridgehead atoms. The van der Waals surface area contributed by atoms with Gasteiger partial charge >= 0.3 is 5.97 Å². The maximum absolute atomic E-state index is 11.2. The average Bonchev–Trinajstić information content (AvgIpc) is 2.85. The van der Waals surface area contributed by atoms with E-state index < -0.39 is 5.97 Å². The molecule has 4 heteroatoms. The van der Waals surface area contributed by atoms with Gasteiger partial charge in [-0.1, -0.05) is 17.7 Å². The van der Waals surface area contributed by atoms with Crippen LogP contribution in [0.25, 0.3) is 0 Å². The molecule has 3 rings (SSSR count). The molecule has 1 aliphatic rings. The molecule has 20 heavy (non-hydrogen) atoms. The van der Waals surface area contributed by atoms with Crippen molar-refractivity contribution < 1.29 is 14.6 Å². The molecule has 0 amide bonds. The number of rotatable bonds is 3. The second-order valence-electron chi connectivity index (χ2n) is 4.83. The van der Waals surface area contributed by atoms with Crippen molar-refractivity contribution in [2.75, 3.05) is 0 Å². The van der Waals surface area contributed by atoms with Crippen molar-refractivity contribution in [1.82, 2.24) is 0 Å². The average molecular weight is 289 g/mol. The van der Waals surface area contributed by atoms with E-state index in [2.05, 4.69) is 0 Å². The molecule has 1 N–H and O–H groups in total. The summed E-state index contributed by atoms with van der Waals surface area (Å²) in [6.07, 6.45) is 3.32. The Labute approximate surface area is 121 Å². The van der Waals surface area contributed by atoms with Crippen LogP contribution in [0.1, 0.15) is 27.9 Å². The van der Waals surface area contributed by atoms with Gasteiger partial charge in [-0.15, -0.1) is 0 Å². The zero-order valence-electron chi connectivity index (χ0n) is 10.7. The Balaban J connectivity index is 1.95. The number of carbonyl (C=O) groups is 1. The molecule has 0 radical (unpaired) electrons. The van der Waals surface area contributed by atoms with Crippen molar-refractivity contribution in [1.29, 1.82) is 0 Å². The first-order valence-corrected chi connectivity index (χ1v) is 6.84. The van der Waals surface area contributed by atoms with Crippen molar-refractivity contribution in [2.24, 2.45) is 0 Å². The molecule has 0 heterocycles. The van der Waals surface area contributed by atoms with Crippen molar-refractivity contribution in [3.8, 4) is 11.5 Å². The van der Waals surface area contributed by atoms with E-state index in [0.717, 1.165) is 19.3 Å². The summed E-state index contributed by atoms with van der Waals surface area (Å²) >= 11 is 5.91. The number of carboxylic acids is 1. The van der Waals surface area contributed by atoms with Gasteiger partial charge in [0.05, 0.1) is 0 Å². The van der Waals surface area contributed by atoms with Crippen LogP contribution in [0.2, 0.25) is 5.02 Å². The van der Waals surface area contributed by atoms with Crippen LogP contribution >= 0.6 is 11.6 Å². The highest BCUT2D eigenvalue weighted by Gasteiger charge is 2.15. The van der Waals surface area contributed by atoms with E-state index in [1.807, 2.05) is 18.2 Å². The Morgan fingerprint density at radius 3 is 2.70 bits per heavy atom. The molecular weight excluding hydrogens is 276 g/mol. The Kier molecular flexibility index (Phi) is 3.36. The molecular formula is C16H13ClO3. The molecule has 0 aromatic heterocycles. The monoisotopic (exact) mass is 288 g/mol.